The predicted molar refractivity (Wildman–Crippen MR) is 128 cm³/mol. The number of aromatic nitrogens is 2. The van der Waals surface area contributed by atoms with E-state index in [-0.39, 0.29) is 34.6 Å². The molecule has 2 aromatic rings. The summed E-state index contributed by atoms with van der Waals surface area (Å²) in [6.45, 7) is 10.8. The fraction of sp³-hybridized carbons (Fsp3) is 0.304. The van der Waals surface area contributed by atoms with Gasteiger partial charge in [-0.15, -0.1) is 0 Å². The van der Waals surface area contributed by atoms with Gasteiger partial charge in [-0.2, -0.15) is 0 Å². The Morgan fingerprint density at radius 1 is 0.871 bits per heavy atom. The fourth-order valence-corrected chi connectivity index (χ4v) is 4.60. The monoisotopic (exact) mass is 458 g/mol. The molecule has 0 atom stereocenters. The summed E-state index contributed by atoms with van der Waals surface area (Å²) in [7, 11) is 0. The van der Waals surface area contributed by atoms with Crippen molar-refractivity contribution in [2.45, 2.75) is 44.6 Å². The first kappa shape index (κ1) is 24.7. The lowest BCUT2D eigenvalue weighted by Gasteiger charge is -2.10. The molecule has 0 spiro atoms. The van der Waals surface area contributed by atoms with E-state index in [1.165, 1.54) is 0 Å². The Kier molecular flexibility index (Phi) is 9.33. The zero-order chi connectivity index (χ0) is 23.0. The van der Waals surface area contributed by atoms with Crippen LogP contribution in [0.4, 0.5) is 0 Å². The average molecular weight is 459 g/mol. The van der Waals surface area contributed by atoms with Crippen molar-refractivity contribution in [1.29, 1.82) is 0 Å². The minimum Gasteiger partial charge on any atom is -0.506 e. The van der Waals surface area contributed by atoms with Crippen molar-refractivity contribution < 1.29 is 19.8 Å². The second-order valence-electron chi connectivity index (χ2n) is 6.84. The van der Waals surface area contributed by atoms with Gasteiger partial charge in [-0.3, -0.25) is 19.6 Å². The number of nitrogens with zero attached hydrogens (tertiary/aromatic N) is 2. The van der Waals surface area contributed by atoms with Crippen LogP contribution in [0, 0.1) is 13.8 Å². The summed E-state index contributed by atoms with van der Waals surface area (Å²) in [6.07, 6.45) is 7.43. The van der Waals surface area contributed by atoms with Crippen LogP contribution in [0.3, 0.4) is 0 Å². The van der Waals surface area contributed by atoms with Crippen LogP contribution in [-0.4, -0.2) is 30.4 Å². The van der Waals surface area contributed by atoms with Gasteiger partial charge in [-0.25, -0.2) is 0 Å². The summed E-state index contributed by atoms with van der Waals surface area (Å²) in [4.78, 5) is 32.6. The summed E-state index contributed by atoms with van der Waals surface area (Å²) in [5.74, 6) is 0.808. The lowest BCUT2D eigenvalue weighted by molar-refractivity contribution is -0.112. The summed E-state index contributed by atoms with van der Waals surface area (Å²) in [5.41, 5.74) is 3.68. The first-order chi connectivity index (χ1) is 14.8. The van der Waals surface area contributed by atoms with Crippen molar-refractivity contribution in [2.75, 3.05) is 0 Å². The molecule has 2 N–H and O–H groups in total. The van der Waals surface area contributed by atoms with E-state index in [0.717, 1.165) is 23.5 Å². The standard InChI is InChI=1S/C23H26N2O4S2/c1-5-16-10-24-14(3)22(28)18(16)12-30-20(26)8-7-9-21(27)31-13-19-17(6-2)11-25-15(4)23(19)29/h5-6,10-11,28-29H,1-2,7-9,12-13H2,3-4H3. The van der Waals surface area contributed by atoms with Crippen LogP contribution in [0.2, 0.25) is 0 Å². The molecule has 2 aromatic heterocycles. The van der Waals surface area contributed by atoms with Crippen LogP contribution >= 0.6 is 23.5 Å². The molecule has 6 nitrogen and oxygen atoms in total. The molecule has 31 heavy (non-hydrogen) atoms. The molecule has 0 aliphatic heterocycles. The number of carbonyl (C=O) groups excluding carboxylic acids is 2. The molecule has 8 heteroatoms. The molecule has 2 heterocycles. The lowest BCUT2D eigenvalue weighted by Crippen LogP contribution is -2.00. The van der Waals surface area contributed by atoms with Gasteiger partial charge < -0.3 is 10.2 Å². The zero-order valence-corrected chi connectivity index (χ0v) is 19.3. The summed E-state index contributed by atoms with van der Waals surface area (Å²) in [5, 5.41) is 20.3. The molecule has 0 radical (unpaired) electrons. The predicted octanol–water partition coefficient (Wildman–Crippen LogP) is 5.18. The highest BCUT2D eigenvalue weighted by atomic mass is 32.2. The second-order valence-corrected chi connectivity index (χ2v) is 8.90. The summed E-state index contributed by atoms with van der Waals surface area (Å²) in [6, 6.07) is 0. The van der Waals surface area contributed by atoms with Gasteiger partial charge in [-0.05, 0) is 31.4 Å². The third kappa shape index (κ3) is 6.70. The molecule has 0 amide bonds. The summed E-state index contributed by atoms with van der Waals surface area (Å²) < 4.78 is 0. The molecule has 0 saturated heterocycles. The van der Waals surface area contributed by atoms with Gasteiger partial charge in [0.05, 0.1) is 11.4 Å². The van der Waals surface area contributed by atoms with Crippen LogP contribution in [0.1, 0.15) is 52.9 Å². The van der Waals surface area contributed by atoms with E-state index in [4.69, 9.17) is 0 Å². The average Bonchev–Trinajstić information content (AvgIpc) is 2.75. The Labute approximate surface area is 190 Å². The number of rotatable bonds is 10. The Hall–Kier alpha value is -2.58. The fourth-order valence-electron chi connectivity index (χ4n) is 2.80. The van der Waals surface area contributed by atoms with E-state index in [1.807, 2.05) is 0 Å². The normalized spacial score (nSPS) is 10.6. The molecule has 0 aliphatic carbocycles. The largest absolute Gasteiger partial charge is 0.506 e. The van der Waals surface area contributed by atoms with Gasteiger partial charge >= 0.3 is 0 Å². The van der Waals surface area contributed by atoms with Crippen LogP contribution < -0.4 is 0 Å². The molecule has 0 bridgehead atoms. The topological polar surface area (TPSA) is 100 Å². The highest BCUT2D eigenvalue weighted by Crippen LogP contribution is 2.31. The molecular formula is C23H26N2O4S2. The van der Waals surface area contributed by atoms with Gasteiger partial charge in [0.2, 0.25) is 0 Å². The molecule has 2 rings (SSSR count). The Bertz CT molecular complexity index is 926. The molecule has 164 valence electrons. The minimum absolute atomic E-state index is 0.0435. The molecule has 0 aliphatic rings. The maximum absolute atomic E-state index is 12.2. The first-order valence-corrected chi connectivity index (χ1v) is 11.7. The molecule has 0 fully saturated rings. The maximum Gasteiger partial charge on any atom is 0.189 e. The number of aromatic hydroxyl groups is 2. The van der Waals surface area contributed by atoms with E-state index >= 15 is 0 Å². The van der Waals surface area contributed by atoms with E-state index in [0.29, 0.717) is 51.6 Å². The summed E-state index contributed by atoms with van der Waals surface area (Å²) >= 11 is 2.22. The second kappa shape index (κ2) is 11.7. The number of hydrogen-bond acceptors (Lipinski definition) is 8. The third-order valence-corrected chi connectivity index (χ3v) is 6.62. The van der Waals surface area contributed by atoms with Crippen molar-refractivity contribution in [3.63, 3.8) is 0 Å². The van der Waals surface area contributed by atoms with Crippen molar-refractivity contribution in [3.8, 4) is 11.5 Å². The van der Waals surface area contributed by atoms with E-state index in [9.17, 15) is 19.8 Å². The smallest absolute Gasteiger partial charge is 0.189 e. The Morgan fingerprint density at radius 2 is 1.26 bits per heavy atom. The van der Waals surface area contributed by atoms with Crippen LogP contribution in [-0.2, 0) is 21.1 Å². The first-order valence-electron chi connectivity index (χ1n) is 9.69. The molecule has 0 unspecified atom stereocenters. The van der Waals surface area contributed by atoms with Gasteiger partial charge in [0, 0.05) is 47.9 Å². The number of carbonyl (C=O) groups is 2. The minimum atomic E-state index is -0.0435. The van der Waals surface area contributed by atoms with Crippen molar-refractivity contribution in [3.05, 3.63) is 59.2 Å². The van der Waals surface area contributed by atoms with Crippen molar-refractivity contribution >= 4 is 45.9 Å². The van der Waals surface area contributed by atoms with E-state index in [2.05, 4.69) is 23.1 Å². The lowest BCUT2D eigenvalue weighted by atomic mass is 10.1. The number of aryl methyl sites for hydroxylation is 2. The molecule has 0 aromatic carbocycles. The Balaban J connectivity index is 1.80. The number of thioether (sulfide) groups is 2. The zero-order valence-electron chi connectivity index (χ0n) is 17.7. The van der Waals surface area contributed by atoms with Gasteiger partial charge in [0.15, 0.2) is 10.2 Å². The Morgan fingerprint density at radius 3 is 1.61 bits per heavy atom. The number of hydrogen-bond donors (Lipinski definition) is 2. The van der Waals surface area contributed by atoms with Crippen LogP contribution in [0.25, 0.3) is 12.2 Å². The van der Waals surface area contributed by atoms with E-state index in [1.54, 1.807) is 38.4 Å². The SMILES string of the molecule is C=Cc1cnc(C)c(O)c1CSC(=O)CCCC(=O)SCc1c(C=C)cnc(C)c1O. The number of pyridine rings is 2. The van der Waals surface area contributed by atoms with Gasteiger partial charge in [0.1, 0.15) is 11.5 Å². The van der Waals surface area contributed by atoms with Crippen LogP contribution in [0.15, 0.2) is 25.6 Å². The van der Waals surface area contributed by atoms with Crippen molar-refractivity contribution in [2.24, 2.45) is 0 Å². The third-order valence-electron chi connectivity index (χ3n) is 4.71. The van der Waals surface area contributed by atoms with Gasteiger partial charge in [-0.1, -0.05) is 48.8 Å². The van der Waals surface area contributed by atoms with Crippen LogP contribution in [0.5, 0.6) is 11.5 Å². The highest BCUT2D eigenvalue weighted by Gasteiger charge is 2.15. The maximum atomic E-state index is 12.2. The molecule has 0 saturated carbocycles. The quantitative estimate of drug-likeness (QED) is 0.502. The van der Waals surface area contributed by atoms with Gasteiger partial charge in [0.25, 0.3) is 0 Å². The van der Waals surface area contributed by atoms with E-state index < -0.39 is 0 Å². The molecular weight excluding hydrogens is 432 g/mol. The van der Waals surface area contributed by atoms with Crippen molar-refractivity contribution in [1.82, 2.24) is 9.97 Å². The highest BCUT2D eigenvalue weighted by molar-refractivity contribution is 8.13.